The SMILES string of the molecule is CCNC(=NCc1nnc2n1CCCCC2)N1CCN(c2ccccc2Cl)CC1. The van der Waals surface area contributed by atoms with Crippen molar-refractivity contribution in [1.29, 1.82) is 0 Å². The average Bonchev–Trinajstić information content (AvgIpc) is 2.98. The fraction of sp³-hybridized carbons (Fsp3) is 0.571. The lowest BCUT2D eigenvalue weighted by Gasteiger charge is -2.38. The van der Waals surface area contributed by atoms with E-state index in [2.05, 4.69) is 42.9 Å². The Morgan fingerprint density at radius 2 is 1.90 bits per heavy atom. The summed E-state index contributed by atoms with van der Waals surface area (Å²) in [5, 5.41) is 13.1. The summed E-state index contributed by atoms with van der Waals surface area (Å²) < 4.78 is 2.27. The smallest absolute Gasteiger partial charge is 0.194 e. The van der Waals surface area contributed by atoms with Crippen LogP contribution in [0.25, 0.3) is 0 Å². The number of rotatable bonds is 4. The molecule has 0 spiro atoms. The maximum Gasteiger partial charge on any atom is 0.194 e. The van der Waals surface area contributed by atoms with Crippen LogP contribution in [-0.4, -0.2) is 58.3 Å². The van der Waals surface area contributed by atoms with Crippen molar-refractivity contribution in [2.24, 2.45) is 4.99 Å². The molecule has 4 rings (SSSR count). The van der Waals surface area contributed by atoms with Gasteiger partial charge < -0.3 is 19.7 Å². The molecule has 29 heavy (non-hydrogen) atoms. The van der Waals surface area contributed by atoms with Gasteiger partial charge in [0, 0.05) is 45.7 Å². The van der Waals surface area contributed by atoms with Crippen molar-refractivity contribution in [2.75, 3.05) is 37.6 Å². The molecule has 0 saturated carbocycles. The summed E-state index contributed by atoms with van der Waals surface area (Å²) in [6, 6.07) is 8.06. The molecule has 0 amide bonds. The summed E-state index contributed by atoms with van der Waals surface area (Å²) in [6.45, 7) is 8.22. The molecule has 0 radical (unpaired) electrons. The van der Waals surface area contributed by atoms with Crippen molar-refractivity contribution >= 4 is 23.2 Å². The van der Waals surface area contributed by atoms with Crippen molar-refractivity contribution in [3.05, 3.63) is 40.9 Å². The van der Waals surface area contributed by atoms with Gasteiger partial charge >= 0.3 is 0 Å². The molecule has 0 unspecified atom stereocenters. The third kappa shape index (κ3) is 4.66. The molecular weight excluding hydrogens is 386 g/mol. The Balaban J connectivity index is 1.42. The zero-order valence-corrected chi connectivity index (χ0v) is 17.9. The predicted molar refractivity (Wildman–Crippen MR) is 118 cm³/mol. The molecule has 7 nitrogen and oxygen atoms in total. The number of nitrogens with zero attached hydrogens (tertiary/aromatic N) is 6. The summed E-state index contributed by atoms with van der Waals surface area (Å²) in [7, 11) is 0. The third-order valence-electron chi connectivity index (χ3n) is 5.66. The van der Waals surface area contributed by atoms with E-state index >= 15 is 0 Å². The molecule has 0 aliphatic carbocycles. The number of aromatic nitrogens is 3. The van der Waals surface area contributed by atoms with Gasteiger partial charge in [0.2, 0.25) is 0 Å². The van der Waals surface area contributed by atoms with Gasteiger partial charge in [-0.2, -0.15) is 0 Å². The Bertz CT molecular complexity index is 839. The van der Waals surface area contributed by atoms with Gasteiger partial charge in [0.15, 0.2) is 11.8 Å². The van der Waals surface area contributed by atoms with Crippen LogP contribution in [0.3, 0.4) is 0 Å². The van der Waals surface area contributed by atoms with Gasteiger partial charge in [-0.25, -0.2) is 4.99 Å². The standard InChI is InChI=1S/C21H30ClN7/c1-2-23-21(24-16-20-26-25-19-10-4-3-7-11-29(19)20)28-14-12-27(13-15-28)18-9-6-5-8-17(18)22/h5-6,8-9H,2-4,7,10-16H2,1H3,(H,23,24). The molecule has 2 aliphatic rings. The first-order valence-corrected chi connectivity index (χ1v) is 11.1. The third-order valence-corrected chi connectivity index (χ3v) is 5.98. The predicted octanol–water partition coefficient (Wildman–Crippen LogP) is 2.95. The van der Waals surface area contributed by atoms with Crippen LogP contribution >= 0.6 is 11.6 Å². The van der Waals surface area contributed by atoms with Crippen LogP contribution in [0.4, 0.5) is 5.69 Å². The van der Waals surface area contributed by atoms with Crippen LogP contribution in [0.5, 0.6) is 0 Å². The van der Waals surface area contributed by atoms with Gasteiger partial charge in [0.1, 0.15) is 12.4 Å². The molecule has 0 atom stereocenters. The number of aliphatic imine (C=N–C) groups is 1. The van der Waals surface area contributed by atoms with Gasteiger partial charge in [0.05, 0.1) is 10.7 Å². The van der Waals surface area contributed by atoms with Gasteiger partial charge in [-0.05, 0) is 31.9 Å². The summed E-state index contributed by atoms with van der Waals surface area (Å²) in [4.78, 5) is 9.58. The molecule has 1 fully saturated rings. The molecule has 0 bridgehead atoms. The van der Waals surface area contributed by atoms with E-state index < -0.39 is 0 Å². The average molecular weight is 416 g/mol. The van der Waals surface area contributed by atoms with Crippen molar-refractivity contribution in [1.82, 2.24) is 25.0 Å². The Labute approximate surface area is 177 Å². The molecular formula is C21H30ClN7. The summed E-state index contributed by atoms with van der Waals surface area (Å²) in [6.07, 6.45) is 4.71. The molecule has 1 N–H and O–H groups in total. The number of para-hydroxylation sites is 1. The van der Waals surface area contributed by atoms with Crippen molar-refractivity contribution in [3.8, 4) is 0 Å². The number of halogens is 1. The summed E-state index contributed by atoms with van der Waals surface area (Å²) >= 11 is 6.38. The van der Waals surface area contributed by atoms with E-state index in [0.717, 1.165) is 74.0 Å². The Morgan fingerprint density at radius 1 is 1.07 bits per heavy atom. The van der Waals surface area contributed by atoms with Gasteiger partial charge in [-0.3, -0.25) is 0 Å². The van der Waals surface area contributed by atoms with Gasteiger partial charge in [-0.1, -0.05) is 30.2 Å². The number of guanidine groups is 1. The quantitative estimate of drug-likeness (QED) is 0.614. The highest BCUT2D eigenvalue weighted by molar-refractivity contribution is 6.33. The van der Waals surface area contributed by atoms with Crippen molar-refractivity contribution in [2.45, 2.75) is 45.7 Å². The highest BCUT2D eigenvalue weighted by Gasteiger charge is 2.21. The lowest BCUT2D eigenvalue weighted by atomic mass is 10.2. The fourth-order valence-electron chi connectivity index (χ4n) is 4.10. The van der Waals surface area contributed by atoms with Crippen molar-refractivity contribution < 1.29 is 0 Å². The minimum Gasteiger partial charge on any atom is -0.367 e. The second kappa shape index (κ2) is 9.48. The second-order valence-electron chi connectivity index (χ2n) is 7.59. The monoisotopic (exact) mass is 415 g/mol. The lowest BCUT2D eigenvalue weighted by molar-refractivity contribution is 0.372. The van der Waals surface area contributed by atoms with Crippen LogP contribution in [0.15, 0.2) is 29.3 Å². The Hall–Kier alpha value is -2.28. The van der Waals surface area contributed by atoms with Gasteiger partial charge in [0.25, 0.3) is 0 Å². The van der Waals surface area contributed by atoms with Crippen molar-refractivity contribution in [3.63, 3.8) is 0 Å². The molecule has 8 heteroatoms. The number of fused-ring (bicyclic) bond motifs is 1. The van der Waals surface area contributed by atoms with Crippen LogP contribution < -0.4 is 10.2 Å². The highest BCUT2D eigenvalue weighted by atomic mass is 35.5. The van der Waals surface area contributed by atoms with E-state index in [1.807, 2.05) is 18.2 Å². The first-order chi connectivity index (χ1) is 14.3. The van der Waals surface area contributed by atoms with Crippen LogP contribution in [0.2, 0.25) is 5.02 Å². The maximum absolute atomic E-state index is 6.38. The summed E-state index contributed by atoms with van der Waals surface area (Å²) in [5.74, 6) is 3.05. The highest BCUT2D eigenvalue weighted by Crippen LogP contribution is 2.26. The molecule has 3 heterocycles. The number of hydrogen-bond acceptors (Lipinski definition) is 4. The first-order valence-electron chi connectivity index (χ1n) is 10.7. The number of anilines is 1. The van der Waals surface area contributed by atoms with Crippen LogP contribution in [-0.2, 0) is 19.5 Å². The topological polar surface area (TPSA) is 61.6 Å². The van der Waals surface area contributed by atoms with E-state index in [9.17, 15) is 0 Å². The number of piperazine rings is 1. The largest absolute Gasteiger partial charge is 0.367 e. The Kier molecular flexibility index (Phi) is 6.54. The number of aryl methyl sites for hydroxylation is 1. The summed E-state index contributed by atoms with van der Waals surface area (Å²) in [5.41, 5.74) is 1.11. The zero-order valence-electron chi connectivity index (χ0n) is 17.1. The molecule has 1 aromatic heterocycles. The lowest BCUT2D eigenvalue weighted by Crippen LogP contribution is -2.52. The normalized spacial score (nSPS) is 17.8. The molecule has 2 aliphatic heterocycles. The van der Waals surface area contributed by atoms with E-state index in [1.165, 1.54) is 19.3 Å². The maximum atomic E-state index is 6.38. The molecule has 1 aromatic carbocycles. The van der Waals surface area contributed by atoms with Gasteiger partial charge in [-0.15, -0.1) is 10.2 Å². The van der Waals surface area contributed by atoms with Crippen LogP contribution in [0.1, 0.15) is 37.8 Å². The molecule has 2 aromatic rings. The van der Waals surface area contributed by atoms with E-state index in [0.29, 0.717) is 6.54 Å². The number of hydrogen-bond donors (Lipinski definition) is 1. The molecule has 156 valence electrons. The fourth-order valence-corrected chi connectivity index (χ4v) is 4.36. The second-order valence-corrected chi connectivity index (χ2v) is 8.00. The zero-order chi connectivity index (χ0) is 20.1. The van der Waals surface area contributed by atoms with E-state index in [-0.39, 0.29) is 0 Å². The van der Waals surface area contributed by atoms with Crippen LogP contribution in [0, 0.1) is 0 Å². The minimum atomic E-state index is 0.570. The molecule has 1 saturated heterocycles. The van der Waals surface area contributed by atoms with E-state index in [1.54, 1.807) is 0 Å². The number of nitrogens with one attached hydrogen (secondary N) is 1. The first kappa shape index (κ1) is 20.0. The van der Waals surface area contributed by atoms with E-state index in [4.69, 9.17) is 16.6 Å². The number of benzene rings is 1. The Morgan fingerprint density at radius 3 is 2.69 bits per heavy atom. The minimum absolute atomic E-state index is 0.570.